The molecule has 7 nitrogen and oxygen atoms in total. The molecule has 1 aliphatic heterocycles. The molecule has 0 spiro atoms. The molecular weight excluding hydrogens is 356 g/mol. The Morgan fingerprint density at radius 2 is 2.00 bits per heavy atom. The molecule has 0 atom stereocenters. The number of halogens is 1. The third-order valence-corrected chi connectivity index (χ3v) is 4.76. The largest absolute Gasteiger partial charge is 0.497 e. The molecule has 0 aliphatic carbocycles. The number of nitrogens with zero attached hydrogens (tertiary/aromatic N) is 4. The highest BCUT2D eigenvalue weighted by Crippen LogP contribution is 2.15. The quantitative estimate of drug-likeness (QED) is 0.797. The fourth-order valence-corrected chi connectivity index (χ4v) is 3.00. The van der Waals surface area contributed by atoms with Gasteiger partial charge in [-0.3, -0.25) is 14.3 Å². The monoisotopic (exact) mass is 376 g/mol. The number of rotatable bonds is 5. The zero-order valence-corrected chi connectivity index (χ0v) is 15.6. The number of hydrogen-bond acceptors (Lipinski definition) is 4. The average molecular weight is 377 g/mol. The second-order valence-corrected chi connectivity index (χ2v) is 6.65. The van der Waals surface area contributed by atoms with Crippen LogP contribution >= 0.6 is 11.6 Å². The van der Waals surface area contributed by atoms with Crippen LogP contribution in [0.1, 0.15) is 11.3 Å². The molecule has 8 heteroatoms. The standard InChI is InChI=1S/C18H21ClN4O3/c1-13-16(19)10-23(20-13)12-18(25)22-8-7-21(17(24)11-22)9-14-3-5-15(26-2)6-4-14/h3-6,10H,7-9,11-12H2,1-2H3. The normalized spacial score (nSPS) is 14.7. The van der Waals surface area contributed by atoms with Crippen LogP contribution in [0.3, 0.4) is 0 Å². The average Bonchev–Trinajstić information content (AvgIpc) is 2.94. The van der Waals surface area contributed by atoms with E-state index >= 15 is 0 Å². The van der Waals surface area contributed by atoms with E-state index in [4.69, 9.17) is 16.3 Å². The van der Waals surface area contributed by atoms with Crippen molar-refractivity contribution in [2.45, 2.75) is 20.0 Å². The van der Waals surface area contributed by atoms with Gasteiger partial charge in [0.1, 0.15) is 12.3 Å². The number of carbonyl (C=O) groups excluding carboxylic acids is 2. The maximum atomic E-state index is 12.4. The highest BCUT2D eigenvalue weighted by Gasteiger charge is 2.27. The SMILES string of the molecule is COc1ccc(CN2CCN(C(=O)Cn3cc(Cl)c(C)n3)CC2=O)cc1. The molecule has 0 unspecified atom stereocenters. The molecule has 0 bridgehead atoms. The highest BCUT2D eigenvalue weighted by atomic mass is 35.5. The minimum Gasteiger partial charge on any atom is -0.497 e. The van der Waals surface area contributed by atoms with E-state index in [1.54, 1.807) is 30.0 Å². The van der Waals surface area contributed by atoms with Crippen molar-refractivity contribution in [3.05, 3.63) is 46.7 Å². The minimum atomic E-state index is -0.137. The van der Waals surface area contributed by atoms with Crippen molar-refractivity contribution in [3.63, 3.8) is 0 Å². The predicted molar refractivity (Wildman–Crippen MR) is 97.0 cm³/mol. The summed E-state index contributed by atoms with van der Waals surface area (Å²) in [6.45, 7) is 3.50. The smallest absolute Gasteiger partial charge is 0.244 e. The molecule has 1 saturated heterocycles. The van der Waals surface area contributed by atoms with Gasteiger partial charge in [-0.25, -0.2) is 0 Å². The molecule has 138 valence electrons. The molecular formula is C18H21ClN4O3. The van der Waals surface area contributed by atoms with E-state index in [2.05, 4.69) is 5.10 Å². The van der Waals surface area contributed by atoms with Gasteiger partial charge in [0.15, 0.2) is 0 Å². The lowest BCUT2D eigenvalue weighted by Gasteiger charge is -2.34. The molecule has 2 amide bonds. The van der Waals surface area contributed by atoms with Crippen molar-refractivity contribution < 1.29 is 14.3 Å². The van der Waals surface area contributed by atoms with Crippen molar-refractivity contribution in [1.29, 1.82) is 0 Å². The minimum absolute atomic E-state index is 0.0601. The Hall–Kier alpha value is -2.54. The fraction of sp³-hybridized carbons (Fsp3) is 0.389. The van der Waals surface area contributed by atoms with E-state index in [9.17, 15) is 9.59 Å². The van der Waals surface area contributed by atoms with Gasteiger partial charge in [-0.05, 0) is 24.6 Å². The Kier molecular flexibility index (Phi) is 5.46. The van der Waals surface area contributed by atoms with Crippen molar-refractivity contribution in [1.82, 2.24) is 19.6 Å². The third kappa shape index (κ3) is 4.16. The molecule has 2 heterocycles. The highest BCUT2D eigenvalue weighted by molar-refractivity contribution is 6.31. The van der Waals surface area contributed by atoms with Crippen LogP contribution in [-0.2, 0) is 22.7 Å². The first-order valence-corrected chi connectivity index (χ1v) is 8.72. The molecule has 26 heavy (non-hydrogen) atoms. The van der Waals surface area contributed by atoms with Gasteiger partial charge in [0, 0.05) is 25.8 Å². The number of hydrogen-bond donors (Lipinski definition) is 0. The molecule has 1 fully saturated rings. The van der Waals surface area contributed by atoms with Crippen LogP contribution in [0.15, 0.2) is 30.5 Å². The van der Waals surface area contributed by atoms with Gasteiger partial charge < -0.3 is 14.5 Å². The van der Waals surface area contributed by atoms with Gasteiger partial charge in [-0.2, -0.15) is 5.10 Å². The maximum Gasteiger partial charge on any atom is 0.244 e. The first-order valence-electron chi connectivity index (χ1n) is 8.34. The number of benzene rings is 1. The number of aryl methyl sites for hydroxylation is 1. The van der Waals surface area contributed by atoms with Gasteiger partial charge in [0.2, 0.25) is 11.8 Å². The lowest BCUT2D eigenvalue weighted by atomic mass is 10.2. The van der Waals surface area contributed by atoms with Crippen LogP contribution in [-0.4, -0.2) is 58.1 Å². The second kappa shape index (κ2) is 7.78. The zero-order valence-electron chi connectivity index (χ0n) is 14.8. The van der Waals surface area contributed by atoms with E-state index in [0.717, 1.165) is 11.3 Å². The van der Waals surface area contributed by atoms with Crippen molar-refractivity contribution in [3.8, 4) is 5.75 Å². The summed E-state index contributed by atoms with van der Waals surface area (Å²) in [5.41, 5.74) is 1.71. The van der Waals surface area contributed by atoms with E-state index < -0.39 is 0 Å². The lowest BCUT2D eigenvalue weighted by molar-refractivity contribution is -0.146. The number of carbonyl (C=O) groups is 2. The van der Waals surface area contributed by atoms with E-state index in [1.807, 2.05) is 24.3 Å². The summed E-state index contributed by atoms with van der Waals surface area (Å²) in [5.74, 6) is 0.584. The molecule has 1 aromatic carbocycles. The van der Waals surface area contributed by atoms with Crippen LogP contribution in [0, 0.1) is 6.92 Å². The van der Waals surface area contributed by atoms with Crippen LogP contribution in [0.5, 0.6) is 5.75 Å². The maximum absolute atomic E-state index is 12.4. The summed E-state index contributed by atoms with van der Waals surface area (Å²) < 4.78 is 6.65. The van der Waals surface area contributed by atoms with Crippen molar-refractivity contribution >= 4 is 23.4 Å². The number of amides is 2. The summed E-state index contributed by atoms with van der Waals surface area (Å²) >= 11 is 5.96. The summed E-state index contributed by atoms with van der Waals surface area (Å²) in [7, 11) is 1.62. The number of piperazine rings is 1. The van der Waals surface area contributed by atoms with Gasteiger partial charge in [-0.1, -0.05) is 23.7 Å². The second-order valence-electron chi connectivity index (χ2n) is 6.24. The molecule has 0 radical (unpaired) electrons. The topological polar surface area (TPSA) is 67.7 Å². The predicted octanol–water partition coefficient (Wildman–Crippen LogP) is 1.72. The molecule has 1 aromatic heterocycles. The van der Waals surface area contributed by atoms with Crippen molar-refractivity contribution in [2.24, 2.45) is 0 Å². The molecule has 3 rings (SSSR count). The summed E-state index contributed by atoms with van der Waals surface area (Å²) in [6, 6.07) is 7.62. The van der Waals surface area contributed by atoms with Crippen LogP contribution in [0.25, 0.3) is 0 Å². The van der Waals surface area contributed by atoms with Gasteiger partial charge in [0.05, 0.1) is 24.4 Å². The van der Waals surface area contributed by atoms with Crippen LogP contribution < -0.4 is 4.74 Å². The molecule has 0 N–H and O–H groups in total. The van der Waals surface area contributed by atoms with Crippen LogP contribution in [0.2, 0.25) is 5.02 Å². The van der Waals surface area contributed by atoms with Gasteiger partial charge in [-0.15, -0.1) is 0 Å². The molecule has 1 aliphatic rings. The van der Waals surface area contributed by atoms with Crippen LogP contribution in [0.4, 0.5) is 0 Å². The van der Waals surface area contributed by atoms with Gasteiger partial charge >= 0.3 is 0 Å². The Morgan fingerprint density at radius 3 is 2.58 bits per heavy atom. The number of aromatic nitrogens is 2. The zero-order chi connectivity index (χ0) is 18.7. The molecule has 2 aromatic rings. The first kappa shape index (κ1) is 18.3. The number of methoxy groups -OCH3 is 1. The summed E-state index contributed by atoms with van der Waals surface area (Å²) in [4.78, 5) is 28.1. The first-order chi connectivity index (χ1) is 12.5. The Bertz CT molecular complexity index is 784. The summed E-state index contributed by atoms with van der Waals surface area (Å²) in [5, 5.41) is 4.71. The Balaban J connectivity index is 1.55. The number of ether oxygens (including phenoxy) is 1. The molecule has 0 saturated carbocycles. The lowest BCUT2D eigenvalue weighted by Crippen LogP contribution is -2.52. The van der Waals surface area contributed by atoms with E-state index in [1.165, 1.54) is 4.68 Å². The van der Waals surface area contributed by atoms with Gasteiger partial charge in [0.25, 0.3) is 0 Å². The summed E-state index contributed by atoms with van der Waals surface area (Å²) in [6.07, 6.45) is 1.62. The third-order valence-electron chi connectivity index (χ3n) is 4.39. The van der Waals surface area contributed by atoms with E-state index in [-0.39, 0.29) is 24.9 Å². The fourth-order valence-electron chi connectivity index (χ4n) is 2.85. The Morgan fingerprint density at radius 1 is 1.27 bits per heavy atom. The van der Waals surface area contributed by atoms with Crippen molar-refractivity contribution in [2.75, 3.05) is 26.7 Å². The van der Waals surface area contributed by atoms with E-state index in [0.29, 0.717) is 30.4 Å². The Labute approximate surface area is 157 Å².